The van der Waals surface area contributed by atoms with Crippen LogP contribution in [-0.2, 0) is 0 Å². The molecule has 9 heteroatoms. The summed E-state index contributed by atoms with van der Waals surface area (Å²) in [6.45, 7) is -0.0262. The first kappa shape index (κ1) is 16.7. The lowest BCUT2D eigenvalue weighted by Crippen LogP contribution is -2.23. The molecule has 0 spiro atoms. The summed E-state index contributed by atoms with van der Waals surface area (Å²) in [4.78, 5) is 3.92. The minimum atomic E-state index is -4.74. The van der Waals surface area contributed by atoms with Crippen LogP contribution in [0.2, 0.25) is 0 Å². The number of anilines is 1. The van der Waals surface area contributed by atoms with Gasteiger partial charge in [-0.05, 0) is 36.4 Å². The van der Waals surface area contributed by atoms with E-state index in [0.717, 1.165) is 12.1 Å². The van der Waals surface area contributed by atoms with E-state index in [-0.39, 0.29) is 18.3 Å². The summed E-state index contributed by atoms with van der Waals surface area (Å²) in [5, 5.41) is 12.4. The van der Waals surface area contributed by atoms with Crippen LogP contribution in [0.5, 0.6) is 5.75 Å². The van der Waals surface area contributed by atoms with E-state index in [1.165, 1.54) is 18.4 Å². The van der Waals surface area contributed by atoms with Crippen LogP contribution in [0.3, 0.4) is 0 Å². The van der Waals surface area contributed by atoms with Crippen molar-refractivity contribution in [3.05, 3.63) is 48.4 Å². The minimum Gasteiger partial charge on any atom is -0.467 e. The Morgan fingerprint density at radius 3 is 2.57 bits per heavy atom. The number of hydrogen-bond acceptors (Lipinski definition) is 4. The lowest BCUT2D eigenvalue weighted by atomic mass is 10.3. The Kier molecular flexibility index (Phi) is 5.12. The highest BCUT2D eigenvalue weighted by Gasteiger charge is 2.30. The normalized spacial score (nSPS) is 13.7. The number of halogens is 3. The maximum absolute atomic E-state index is 12.0. The Morgan fingerprint density at radius 2 is 2.00 bits per heavy atom. The number of nitrogens with one attached hydrogen (secondary N) is 1. The fraction of sp³-hybridized carbons (Fsp3) is 0.214. The number of nitrogens with zero attached hydrogens (tertiary/aromatic N) is 1. The molecule has 1 unspecified atom stereocenters. The molecule has 0 bridgehead atoms. The van der Waals surface area contributed by atoms with Crippen LogP contribution in [0.4, 0.5) is 18.9 Å². The zero-order valence-electron chi connectivity index (χ0n) is 11.7. The molecular weight excluding hydrogens is 315 g/mol. The molecule has 4 N–H and O–H groups in total. The molecule has 6 nitrogen and oxygen atoms in total. The average molecular weight is 329 g/mol. The van der Waals surface area contributed by atoms with Gasteiger partial charge in [-0.15, -0.1) is 13.2 Å². The van der Waals surface area contributed by atoms with Gasteiger partial charge in [-0.3, -0.25) is 0 Å². The third-order valence-corrected chi connectivity index (χ3v) is 2.67. The molecule has 0 amide bonds. The van der Waals surface area contributed by atoms with E-state index in [0.29, 0.717) is 11.4 Å². The van der Waals surface area contributed by atoms with Crippen LogP contribution in [0.1, 0.15) is 11.9 Å². The molecule has 23 heavy (non-hydrogen) atoms. The first-order valence-electron chi connectivity index (χ1n) is 6.48. The molecule has 1 aromatic carbocycles. The predicted octanol–water partition coefficient (Wildman–Crippen LogP) is 2.64. The molecule has 1 heterocycles. The Bertz CT molecular complexity index is 640. The number of hydrogen-bond donors (Lipinski definition) is 3. The fourth-order valence-electron chi connectivity index (χ4n) is 1.68. The monoisotopic (exact) mass is 329 g/mol. The van der Waals surface area contributed by atoms with Gasteiger partial charge >= 0.3 is 6.36 Å². The van der Waals surface area contributed by atoms with Crippen molar-refractivity contribution in [2.24, 2.45) is 10.7 Å². The summed E-state index contributed by atoms with van der Waals surface area (Å²) in [6.07, 6.45) is -4.25. The minimum absolute atomic E-state index is 0.0000888. The molecule has 0 radical (unpaired) electrons. The van der Waals surface area contributed by atoms with Gasteiger partial charge in [-0.1, -0.05) is 0 Å². The van der Waals surface area contributed by atoms with Gasteiger partial charge in [0.25, 0.3) is 0 Å². The van der Waals surface area contributed by atoms with Crippen molar-refractivity contribution >= 4 is 11.6 Å². The SMILES string of the molecule is NC(=NCC(O)c1ccco1)Nc1ccc(OC(F)(F)F)cc1. The maximum atomic E-state index is 12.0. The van der Waals surface area contributed by atoms with Crippen LogP contribution in [0, 0.1) is 0 Å². The highest BCUT2D eigenvalue weighted by Crippen LogP contribution is 2.23. The molecule has 124 valence electrons. The van der Waals surface area contributed by atoms with Crippen LogP contribution in [0.15, 0.2) is 52.1 Å². The van der Waals surface area contributed by atoms with Crippen molar-refractivity contribution in [2.45, 2.75) is 12.5 Å². The number of guanidine groups is 1. The summed E-state index contributed by atoms with van der Waals surface area (Å²) in [5.74, 6) is 0.0158. The third kappa shape index (κ3) is 5.55. The summed E-state index contributed by atoms with van der Waals surface area (Å²) in [5.41, 5.74) is 6.06. The van der Waals surface area contributed by atoms with Gasteiger partial charge in [0.15, 0.2) is 5.96 Å². The Morgan fingerprint density at radius 1 is 1.30 bits per heavy atom. The van der Waals surface area contributed by atoms with E-state index in [4.69, 9.17) is 10.2 Å². The molecule has 0 aliphatic heterocycles. The molecule has 1 atom stereocenters. The van der Waals surface area contributed by atoms with E-state index in [2.05, 4.69) is 15.0 Å². The van der Waals surface area contributed by atoms with Crippen molar-refractivity contribution in [1.29, 1.82) is 0 Å². The van der Waals surface area contributed by atoms with Gasteiger partial charge in [-0.2, -0.15) is 0 Å². The van der Waals surface area contributed by atoms with E-state index < -0.39 is 12.5 Å². The molecule has 1 aromatic heterocycles. The van der Waals surface area contributed by atoms with E-state index >= 15 is 0 Å². The summed E-state index contributed by atoms with van der Waals surface area (Å²) < 4.78 is 44.9. The summed E-state index contributed by atoms with van der Waals surface area (Å²) in [6, 6.07) is 8.22. The molecule has 0 aliphatic rings. The predicted molar refractivity (Wildman–Crippen MR) is 76.9 cm³/mol. The van der Waals surface area contributed by atoms with E-state index in [1.807, 2.05) is 0 Å². The van der Waals surface area contributed by atoms with Gasteiger partial charge in [0, 0.05) is 5.69 Å². The lowest BCUT2D eigenvalue weighted by molar-refractivity contribution is -0.274. The lowest BCUT2D eigenvalue weighted by Gasteiger charge is -2.10. The van der Waals surface area contributed by atoms with Crippen molar-refractivity contribution in [3.8, 4) is 5.75 Å². The van der Waals surface area contributed by atoms with E-state index in [1.54, 1.807) is 12.1 Å². The van der Waals surface area contributed by atoms with Gasteiger partial charge in [0.2, 0.25) is 0 Å². The number of furan rings is 1. The number of benzene rings is 1. The second kappa shape index (κ2) is 7.05. The number of rotatable bonds is 5. The molecule has 0 saturated heterocycles. The van der Waals surface area contributed by atoms with Gasteiger partial charge in [0.1, 0.15) is 17.6 Å². The molecule has 2 aromatic rings. The van der Waals surface area contributed by atoms with Crippen LogP contribution in [-0.4, -0.2) is 24.0 Å². The summed E-state index contributed by atoms with van der Waals surface area (Å²) >= 11 is 0. The van der Waals surface area contributed by atoms with Crippen molar-refractivity contribution in [3.63, 3.8) is 0 Å². The quantitative estimate of drug-likeness (QED) is 0.579. The molecular formula is C14H14F3N3O3. The van der Waals surface area contributed by atoms with E-state index in [9.17, 15) is 18.3 Å². The molecule has 0 fully saturated rings. The number of aliphatic hydroxyl groups excluding tert-OH is 1. The molecule has 0 aliphatic carbocycles. The first-order valence-corrected chi connectivity index (χ1v) is 6.48. The highest BCUT2D eigenvalue weighted by molar-refractivity contribution is 5.92. The van der Waals surface area contributed by atoms with Crippen LogP contribution >= 0.6 is 0 Å². The Labute approximate surface area is 129 Å². The summed E-state index contributed by atoms with van der Waals surface area (Å²) in [7, 11) is 0. The smallest absolute Gasteiger partial charge is 0.467 e. The topological polar surface area (TPSA) is 93.0 Å². The number of aliphatic hydroxyl groups is 1. The van der Waals surface area contributed by atoms with Gasteiger partial charge in [-0.25, -0.2) is 4.99 Å². The molecule has 2 rings (SSSR count). The standard InChI is InChI=1S/C14H14F3N3O3/c15-14(16,17)23-10-5-3-9(4-6-10)20-13(18)19-8-11(21)12-2-1-7-22-12/h1-7,11,21H,8H2,(H3,18,19,20). The highest BCUT2D eigenvalue weighted by atomic mass is 19.4. The van der Waals surface area contributed by atoms with Crippen molar-refractivity contribution in [1.82, 2.24) is 0 Å². The average Bonchev–Trinajstić information content (AvgIpc) is 2.99. The second-order valence-corrected chi connectivity index (χ2v) is 4.45. The number of nitrogens with two attached hydrogens (primary N) is 1. The van der Waals surface area contributed by atoms with Crippen LogP contribution in [0.25, 0.3) is 0 Å². The van der Waals surface area contributed by atoms with Crippen LogP contribution < -0.4 is 15.8 Å². The Balaban J connectivity index is 1.89. The van der Waals surface area contributed by atoms with Crippen molar-refractivity contribution < 1.29 is 27.4 Å². The van der Waals surface area contributed by atoms with Crippen molar-refractivity contribution in [2.75, 3.05) is 11.9 Å². The number of aliphatic imine (C=N–C) groups is 1. The van der Waals surface area contributed by atoms with Gasteiger partial charge in [0.05, 0.1) is 12.8 Å². The third-order valence-electron chi connectivity index (χ3n) is 2.67. The first-order chi connectivity index (χ1) is 10.8. The Hall–Kier alpha value is -2.68. The molecule has 0 saturated carbocycles. The number of ether oxygens (including phenoxy) is 1. The second-order valence-electron chi connectivity index (χ2n) is 4.45. The zero-order chi connectivity index (χ0) is 16.9. The largest absolute Gasteiger partial charge is 0.573 e. The zero-order valence-corrected chi connectivity index (χ0v) is 11.7. The number of alkyl halides is 3. The maximum Gasteiger partial charge on any atom is 0.573 e. The van der Waals surface area contributed by atoms with Gasteiger partial charge < -0.3 is 25.3 Å². The fourth-order valence-corrected chi connectivity index (χ4v) is 1.68.